The third kappa shape index (κ3) is 3.39. The third-order valence-corrected chi connectivity index (χ3v) is 4.44. The van der Waals surface area contributed by atoms with Crippen molar-refractivity contribution >= 4 is 11.6 Å². The Morgan fingerprint density at radius 3 is 2.60 bits per heavy atom. The summed E-state index contributed by atoms with van der Waals surface area (Å²) < 4.78 is 5.15. The summed E-state index contributed by atoms with van der Waals surface area (Å²) in [5, 5.41) is 3.10. The third-order valence-electron chi connectivity index (χ3n) is 4.44. The molecule has 0 radical (unpaired) electrons. The van der Waals surface area contributed by atoms with Gasteiger partial charge in [-0.15, -0.1) is 0 Å². The zero-order chi connectivity index (χ0) is 14.6. The summed E-state index contributed by atoms with van der Waals surface area (Å²) in [7, 11) is 3.55. The molecule has 1 saturated heterocycles. The van der Waals surface area contributed by atoms with Gasteiger partial charge in [-0.25, -0.2) is 9.97 Å². The molecule has 1 N–H and O–H groups in total. The highest BCUT2D eigenvalue weighted by molar-refractivity contribution is 5.49. The SMILES string of the molecule is CCC1(C)CCN(c2cc(NC)nc(COC)n2)CC1. The highest BCUT2D eigenvalue weighted by Crippen LogP contribution is 2.35. The highest BCUT2D eigenvalue weighted by Gasteiger charge is 2.29. The quantitative estimate of drug-likeness (QED) is 0.897. The Balaban J connectivity index is 2.14. The summed E-state index contributed by atoms with van der Waals surface area (Å²) in [6.45, 7) is 7.26. The number of hydrogen-bond acceptors (Lipinski definition) is 5. The van der Waals surface area contributed by atoms with Crippen LogP contribution in [0.25, 0.3) is 0 Å². The molecule has 112 valence electrons. The molecule has 1 aliphatic rings. The molecule has 0 unspecified atom stereocenters. The predicted octanol–water partition coefficient (Wildman–Crippen LogP) is 2.68. The number of hydrogen-bond donors (Lipinski definition) is 1. The number of ether oxygens (including phenoxy) is 1. The normalized spacial score (nSPS) is 18.1. The molecule has 5 heteroatoms. The van der Waals surface area contributed by atoms with Crippen LogP contribution >= 0.6 is 0 Å². The number of rotatable bonds is 5. The van der Waals surface area contributed by atoms with E-state index >= 15 is 0 Å². The van der Waals surface area contributed by atoms with E-state index in [2.05, 4.69) is 34.0 Å². The van der Waals surface area contributed by atoms with Crippen LogP contribution in [0.5, 0.6) is 0 Å². The van der Waals surface area contributed by atoms with Crippen molar-refractivity contribution in [3.05, 3.63) is 11.9 Å². The first-order chi connectivity index (χ1) is 9.60. The van der Waals surface area contributed by atoms with Gasteiger partial charge in [0.05, 0.1) is 0 Å². The van der Waals surface area contributed by atoms with Crippen molar-refractivity contribution in [3.63, 3.8) is 0 Å². The molecule has 1 aliphatic heterocycles. The van der Waals surface area contributed by atoms with Crippen molar-refractivity contribution in [2.24, 2.45) is 5.41 Å². The average molecular weight is 278 g/mol. The molecule has 20 heavy (non-hydrogen) atoms. The summed E-state index contributed by atoms with van der Waals surface area (Å²) in [6, 6.07) is 2.02. The van der Waals surface area contributed by atoms with Crippen molar-refractivity contribution in [1.82, 2.24) is 9.97 Å². The van der Waals surface area contributed by atoms with Gasteiger partial charge in [-0.2, -0.15) is 0 Å². The molecule has 1 fully saturated rings. The molecule has 1 aromatic rings. The first-order valence-electron chi connectivity index (χ1n) is 7.40. The fourth-order valence-corrected chi connectivity index (χ4v) is 2.60. The predicted molar refractivity (Wildman–Crippen MR) is 82.1 cm³/mol. The first-order valence-corrected chi connectivity index (χ1v) is 7.40. The summed E-state index contributed by atoms with van der Waals surface area (Å²) in [5.74, 6) is 2.60. The zero-order valence-electron chi connectivity index (χ0n) is 13.1. The molecule has 0 aliphatic carbocycles. The van der Waals surface area contributed by atoms with E-state index in [1.54, 1.807) is 7.11 Å². The van der Waals surface area contributed by atoms with Crippen molar-refractivity contribution < 1.29 is 4.74 Å². The molecule has 2 heterocycles. The van der Waals surface area contributed by atoms with Crippen LogP contribution in [0.1, 0.15) is 38.9 Å². The number of nitrogens with zero attached hydrogens (tertiary/aromatic N) is 3. The fraction of sp³-hybridized carbons (Fsp3) is 0.733. The van der Waals surface area contributed by atoms with E-state index < -0.39 is 0 Å². The van der Waals surface area contributed by atoms with Gasteiger partial charge < -0.3 is 15.0 Å². The van der Waals surface area contributed by atoms with Gasteiger partial charge in [-0.05, 0) is 18.3 Å². The van der Waals surface area contributed by atoms with E-state index in [1.807, 2.05) is 13.1 Å². The van der Waals surface area contributed by atoms with Gasteiger partial charge in [0.1, 0.15) is 18.2 Å². The Hall–Kier alpha value is -1.36. The Kier molecular flexibility index (Phi) is 4.81. The Morgan fingerprint density at radius 2 is 2.05 bits per heavy atom. The Morgan fingerprint density at radius 1 is 1.35 bits per heavy atom. The van der Waals surface area contributed by atoms with Crippen LogP contribution < -0.4 is 10.2 Å². The van der Waals surface area contributed by atoms with E-state index in [-0.39, 0.29) is 0 Å². The monoisotopic (exact) mass is 278 g/mol. The van der Waals surface area contributed by atoms with Gasteiger partial charge in [-0.1, -0.05) is 20.3 Å². The highest BCUT2D eigenvalue weighted by atomic mass is 16.5. The molecule has 0 spiro atoms. The largest absolute Gasteiger partial charge is 0.377 e. The van der Waals surface area contributed by atoms with E-state index in [0.29, 0.717) is 12.0 Å². The number of piperidine rings is 1. The van der Waals surface area contributed by atoms with Gasteiger partial charge in [-0.3, -0.25) is 0 Å². The second-order valence-corrected chi connectivity index (χ2v) is 5.86. The lowest BCUT2D eigenvalue weighted by molar-refractivity contribution is 0.178. The molecule has 1 aromatic heterocycles. The molecule has 0 saturated carbocycles. The van der Waals surface area contributed by atoms with Crippen LogP contribution in [0.2, 0.25) is 0 Å². The van der Waals surface area contributed by atoms with Gasteiger partial charge in [0.2, 0.25) is 0 Å². The molecular weight excluding hydrogens is 252 g/mol. The Labute approximate surface area is 121 Å². The summed E-state index contributed by atoms with van der Waals surface area (Å²) in [6.07, 6.45) is 3.70. The number of methoxy groups -OCH3 is 1. The molecule has 0 atom stereocenters. The van der Waals surface area contributed by atoms with E-state index in [1.165, 1.54) is 19.3 Å². The van der Waals surface area contributed by atoms with E-state index in [0.717, 1.165) is 30.5 Å². The smallest absolute Gasteiger partial charge is 0.158 e. The molecular formula is C15H26N4O. The van der Waals surface area contributed by atoms with Crippen LogP contribution in [0.4, 0.5) is 11.6 Å². The summed E-state index contributed by atoms with van der Waals surface area (Å²) in [5.41, 5.74) is 0.491. The number of anilines is 2. The number of aromatic nitrogens is 2. The Bertz CT molecular complexity index is 441. The van der Waals surface area contributed by atoms with Crippen LogP contribution in [0.15, 0.2) is 6.07 Å². The van der Waals surface area contributed by atoms with Crippen molar-refractivity contribution in [1.29, 1.82) is 0 Å². The lowest BCUT2D eigenvalue weighted by Gasteiger charge is -2.39. The zero-order valence-corrected chi connectivity index (χ0v) is 13.1. The van der Waals surface area contributed by atoms with Gasteiger partial charge >= 0.3 is 0 Å². The van der Waals surface area contributed by atoms with E-state index in [4.69, 9.17) is 4.74 Å². The van der Waals surface area contributed by atoms with Crippen LogP contribution in [-0.4, -0.2) is 37.2 Å². The molecule has 0 amide bonds. The second kappa shape index (κ2) is 6.39. The average Bonchev–Trinajstić information content (AvgIpc) is 2.48. The second-order valence-electron chi connectivity index (χ2n) is 5.86. The molecule has 5 nitrogen and oxygen atoms in total. The minimum absolute atomic E-state index is 0.447. The summed E-state index contributed by atoms with van der Waals surface area (Å²) in [4.78, 5) is 11.4. The van der Waals surface area contributed by atoms with Gasteiger partial charge in [0.15, 0.2) is 5.82 Å². The minimum atomic E-state index is 0.447. The molecule has 0 aromatic carbocycles. The standard InChI is InChI=1S/C15H26N4O/c1-5-15(2)6-8-19(9-7-15)14-10-12(16-3)17-13(18-14)11-20-4/h10H,5-9,11H2,1-4H3,(H,16,17,18). The molecule has 0 bridgehead atoms. The van der Waals surface area contributed by atoms with Crippen LogP contribution in [-0.2, 0) is 11.3 Å². The maximum atomic E-state index is 5.15. The fourth-order valence-electron chi connectivity index (χ4n) is 2.60. The van der Waals surface area contributed by atoms with Gasteiger partial charge in [0.25, 0.3) is 0 Å². The van der Waals surface area contributed by atoms with Crippen molar-refractivity contribution in [3.8, 4) is 0 Å². The topological polar surface area (TPSA) is 50.3 Å². The number of nitrogens with one attached hydrogen (secondary N) is 1. The van der Waals surface area contributed by atoms with Crippen molar-refractivity contribution in [2.45, 2.75) is 39.7 Å². The van der Waals surface area contributed by atoms with E-state index in [9.17, 15) is 0 Å². The lowest BCUT2D eigenvalue weighted by Crippen LogP contribution is -2.39. The minimum Gasteiger partial charge on any atom is -0.377 e. The maximum absolute atomic E-state index is 5.15. The summed E-state index contributed by atoms with van der Waals surface area (Å²) >= 11 is 0. The van der Waals surface area contributed by atoms with Gasteiger partial charge in [0, 0.05) is 33.3 Å². The maximum Gasteiger partial charge on any atom is 0.158 e. The van der Waals surface area contributed by atoms with Crippen LogP contribution in [0.3, 0.4) is 0 Å². The molecule has 2 rings (SSSR count). The first kappa shape index (κ1) is 15.0. The van der Waals surface area contributed by atoms with Crippen molar-refractivity contribution in [2.75, 3.05) is 37.5 Å². The van der Waals surface area contributed by atoms with Crippen LogP contribution in [0, 0.1) is 5.41 Å². The lowest BCUT2D eigenvalue weighted by atomic mass is 9.78.